The second kappa shape index (κ2) is 11.8. The maximum Gasteiger partial charge on any atom is 0.218 e. The van der Waals surface area contributed by atoms with Gasteiger partial charge in [-0.3, -0.25) is 0 Å². The summed E-state index contributed by atoms with van der Waals surface area (Å²) >= 11 is 0. The molecule has 11 rings (SSSR count). The van der Waals surface area contributed by atoms with Crippen molar-refractivity contribution in [1.82, 2.24) is 13.7 Å². The van der Waals surface area contributed by atoms with Gasteiger partial charge in [0.05, 0.1) is 50.9 Å². The van der Waals surface area contributed by atoms with E-state index in [1.165, 1.54) is 21.8 Å². The molecule has 0 aliphatic heterocycles. The number of fused-ring (bicyclic) bond motifs is 9. The van der Waals surface area contributed by atoms with Crippen LogP contribution in [0.1, 0.15) is 5.56 Å². The third-order valence-corrected chi connectivity index (χ3v) is 11.1. The van der Waals surface area contributed by atoms with Crippen molar-refractivity contribution >= 4 is 71.1 Å². The number of nitriles is 1. The molecule has 0 radical (unpaired) electrons. The molecule has 0 saturated heterocycles. The van der Waals surface area contributed by atoms with E-state index in [1.807, 2.05) is 36.4 Å². The van der Waals surface area contributed by atoms with Crippen LogP contribution in [0, 0.1) is 17.9 Å². The quantitative estimate of drug-likeness (QED) is 0.169. The summed E-state index contributed by atoms with van der Waals surface area (Å²) in [5.74, 6) is 0. The van der Waals surface area contributed by atoms with Crippen molar-refractivity contribution in [2.24, 2.45) is 0 Å². The maximum atomic E-state index is 10.1. The van der Waals surface area contributed by atoms with Crippen LogP contribution in [0.25, 0.3) is 98.5 Å². The highest BCUT2D eigenvalue weighted by atomic mass is 15.0. The van der Waals surface area contributed by atoms with E-state index in [4.69, 9.17) is 6.57 Å². The van der Waals surface area contributed by atoms with Gasteiger partial charge in [0.2, 0.25) is 5.69 Å². The first-order chi connectivity index (χ1) is 27.2. The lowest BCUT2D eigenvalue weighted by atomic mass is 10.0. The molecule has 0 amide bonds. The van der Waals surface area contributed by atoms with Crippen LogP contribution in [0.3, 0.4) is 0 Å². The van der Waals surface area contributed by atoms with E-state index in [2.05, 4.69) is 164 Å². The molecule has 0 aliphatic rings. The Morgan fingerprint density at radius 3 is 1.58 bits per heavy atom. The number of nitrogens with zero attached hydrogens (tertiary/aromatic N) is 5. The smallest absolute Gasteiger partial charge is 0.218 e. The summed E-state index contributed by atoms with van der Waals surface area (Å²) in [6, 6.07) is 63.4. The van der Waals surface area contributed by atoms with Gasteiger partial charge in [0.25, 0.3) is 0 Å². The van der Waals surface area contributed by atoms with E-state index < -0.39 is 0 Å². The second-order valence-corrected chi connectivity index (χ2v) is 13.9. The first-order valence-corrected chi connectivity index (χ1v) is 18.3. The fourth-order valence-electron chi connectivity index (χ4n) is 8.79. The number of benzene rings is 8. The molecule has 0 saturated carbocycles. The number of rotatable bonds is 4. The molecule has 0 fully saturated rings. The molecule has 55 heavy (non-hydrogen) atoms. The van der Waals surface area contributed by atoms with Crippen LogP contribution in [0.4, 0.5) is 5.69 Å². The Morgan fingerprint density at radius 1 is 0.436 bits per heavy atom. The molecular weight excluding hydrogens is 671 g/mol. The molecule has 0 N–H and O–H groups in total. The van der Waals surface area contributed by atoms with Crippen molar-refractivity contribution < 1.29 is 0 Å². The molecule has 0 bridgehead atoms. The summed E-state index contributed by atoms with van der Waals surface area (Å²) in [6.45, 7) is 8.53. The standard InChI is InChI=1S/C50H29N5/c1-52-49-36(32-24-26-34(27-25-32)54-45-21-8-4-15-39(45)41-18-10-12-33(31-51)50(41)54)17-11-23-48(49)55-46-22-9-5-16-40(46)42-30-35(28-29-47(42)55)53-43-19-6-2-13-37(43)38-14-3-7-20-44(38)53/h2-30H. The minimum atomic E-state index is 0.591. The second-order valence-electron chi connectivity index (χ2n) is 13.9. The zero-order valence-corrected chi connectivity index (χ0v) is 29.5. The lowest BCUT2D eigenvalue weighted by Crippen LogP contribution is -1.97. The van der Waals surface area contributed by atoms with Crippen LogP contribution in [-0.2, 0) is 0 Å². The van der Waals surface area contributed by atoms with Crippen molar-refractivity contribution in [1.29, 1.82) is 5.26 Å². The monoisotopic (exact) mass is 699 g/mol. The number of hydrogen-bond donors (Lipinski definition) is 0. The number of para-hydroxylation sites is 6. The SMILES string of the molecule is [C-]#[N+]c1c(-c2ccc(-n3c4ccccc4c4cccc(C#N)c43)cc2)cccc1-n1c2ccccc2c2cc(-n3c4ccccc4c4ccccc43)ccc21. The first-order valence-electron chi connectivity index (χ1n) is 18.3. The average molecular weight is 700 g/mol. The predicted octanol–water partition coefficient (Wildman–Crippen LogP) is 13.1. The van der Waals surface area contributed by atoms with Gasteiger partial charge in [-0.1, -0.05) is 109 Å². The molecule has 0 aliphatic carbocycles. The van der Waals surface area contributed by atoms with Crippen LogP contribution < -0.4 is 0 Å². The van der Waals surface area contributed by atoms with Gasteiger partial charge in [-0.15, -0.1) is 0 Å². The summed E-state index contributed by atoms with van der Waals surface area (Å²) < 4.78 is 6.77. The lowest BCUT2D eigenvalue weighted by molar-refractivity contribution is 1.17. The van der Waals surface area contributed by atoms with Gasteiger partial charge < -0.3 is 13.7 Å². The Kier molecular flexibility index (Phi) is 6.61. The van der Waals surface area contributed by atoms with E-state index in [1.54, 1.807) is 0 Å². The molecule has 5 nitrogen and oxygen atoms in total. The Bertz CT molecular complexity index is 3400. The maximum absolute atomic E-state index is 10.1. The third kappa shape index (κ3) is 4.39. The van der Waals surface area contributed by atoms with Crippen LogP contribution in [0.15, 0.2) is 176 Å². The topological polar surface area (TPSA) is 42.9 Å². The van der Waals surface area contributed by atoms with E-state index in [0.29, 0.717) is 11.3 Å². The summed E-state index contributed by atoms with van der Waals surface area (Å²) in [6.07, 6.45) is 0. The van der Waals surface area contributed by atoms with E-state index in [-0.39, 0.29) is 0 Å². The molecular formula is C50H29N5. The molecule has 11 aromatic rings. The van der Waals surface area contributed by atoms with Crippen molar-refractivity contribution in [3.05, 3.63) is 193 Å². The van der Waals surface area contributed by atoms with E-state index >= 15 is 0 Å². The van der Waals surface area contributed by atoms with Crippen LogP contribution in [-0.4, -0.2) is 13.7 Å². The normalized spacial score (nSPS) is 11.6. The molecule has 5 heteroatoms. The molecule has 254 valence electrons. The zero-order valence-electron chi connectivity index (χ0n) is 29.5. The van der Waals surface area contributed by atoms with Gasteiger partial charge >= 0.3 is 0 Å². The molecule has 0 unspecified atom stereocenters. The first kappa shape index (κ1) is 30.7. The van der Waals surface area contributed by atoms with Crippen molar-refractivity contribution in [2.45, 2.75) is 0 Å². The minimum absolute atomic E-state index is 0.591. The van der Waals surface area contributed by atoms with Crippen LogP contribution in [0.5, 0.6) is 0 Å². The molecule has 3 aromatic heterocycles. The summed E-state index contributed by atoms with van der Waals surface area (Å²) in [5, 5.41) is 16.9. The minimum Gasteiger partial charge on any atom is -0.319 e. The van der Waals surface area contributed by atoms with Crippen LogP contribution in [0.2, 0.25) is 0 Å². The van der Waals surface area contributed by atoms with E-state index in [0.717, 1.165) is 71.8 Å². The van der Waals surface area contributed by atoms with Crippen molar-refractivity contribution in [3.63, 3.8) is 0 Å². The predicted molar refractivity (Wildman–Crippen MR) is 226 cm³/mol. The molecule has 3 heterocycles. The van der Waals surface area contributed by atoms with Gasteiger partial charge in [-0.25, -0.2) is 4.85 Å². The lowest BCUT2D eigenvalue weighted by Gasteiger charge is -2.15. The molecule has 8 aromatic carbocycles. The highest BCUT2D eigenvalue weighted by molar-refractivity contribution is 6.13. The van der Waals surface area contributed by atoms with Gasteiger partial charge in [-0.2, -0.15) is 5.26 Å². The zero-order chi connectivity index (χ0) is 36.6. The van der Waals surface area contributed by atoms with Gasteiger partial charge in [0.1, 0.15) is 6.07 Å². The fraction of sp³-hybridized carbons (Fsp3) is 0. The molecule has 0 spiro atoms. The summed E-state index contributed by atoms with van der Waals surface area (Å²) in [4.78, 5) is 4.20. The van der Waals surface area contributed by atoms with Gasteiger partial charge in [0.15, 0.2) is 0 Å². The Balaban J connectivity index is 1.08. The summed E-state index contributed by atoms with van der Waals surface area (Å²) in [7, 11) is 0. The average Bonchev–Trinajstić information content (AvgIpc) is 3.89. The third-order valence-electron chi connectivity index (χ3n) is 11.1. The Labute approximate surface area is 316 Å². The van der Waals surface area contributed by atoms with Gasteiger partial charge in [0, 0.05) is 43.7 Å². The largest absolute Gasteiger partial charge is 0.319 e. The van der Waals surface area contributed by atoms with Crippen LogP contribution >= 0.6 is 0 Å². The van der Waals surface area contributed by atoms with Crippen molar-refractivity contribution in [2.75, 3.05) is 0 Å². The summed E-state index contributed by atoms with van der Waals surface area (Å²) in [5.41, 5.74) is 12.3. The Hall–Kier alpha value is -7.86. The van der Waals surface area contributed by atoms with E-state index in [9.17, 15) is 5.26 Å². The number of aromatic nitrogens is 3. The van der Waals surface area contributed by atoms with Crippen molar-refractivity contribution in [3.8, 4) is 34.3 Å². The number of hydrogen-bond acceptors (Lipinski definition) is 1. The Morgan fingerprint density at radius 2 is 0.945 bits per heavy atom. The highest BCUT2D eigenvalue weighted by Gasteiger charge is 2.20. The molecule has 0 atom stereocenters. The highest BCUT2D eigenvalue weighted by Crippen LogP contribution is 2.42. The van der Waals surface area contributed by atoms with Gasteiger partial charge in [-0.05, 0) is 77.9 Å². The fourth-order valence-corrected chi connectivity index (χ4v) is 8.79.